The predicted molar refractivity (Wildman–Crippen MR) is 117 cm³/mol. The molecule has 6 heteroatoms. The molecule has 1 aliphatic heterocycles. The summed E-state index contributed by atoms with van der Waals surface area (Å²) in [5.74, 6) is 0.523. The fourth-order valence-corrected chi connectivity index (χ4v) is 4.17. The molecule has 156 valence electrons. The van der Waals surface area contributed by atoms with Crippen molar-refractivity contribution >= 4 is 5.91 Å². The number of amides is 1. The molecule has 1 fully saturated rings. The van der Waals surface area contributed by atoms with E-state index in [2.05, 4.69) is 23.2 Å². The molecule has 0 aliphatic carbocycles. The van der Waals surface area contributed by atoms with Gasteiger partial charge in [-0.15, -0.1) is 0 Å². The van der Waals surface area contributed by atoms with Crippen molar-refractivity contribution in [2.75, 3.05) is 20.2 Å². The van der Waals surface area contributed by atoms with Crippen LogP contribution in [-0.2, 0) is 17.9 Å². The SMILES string of the molecule is COc1ccccc1-c1nn(Cc2ccccc2)cc1CN1CCCC(C(N)=O)C1. The standard InChI is InChI=1S/C24H28N4O2/c1-30-22-12-6-5-11-21(22)23-20(16-27-13-7-10-19(15-27)24(25)29)17-28(26-23)14-18-8-3-2-4-9-18/h2-6,8-9,11-12,17,19H,7,10,13-16H2,1H3,(H2,25,29). The molecule has 1 unspecified atom stereocenters. The van der Waals surface area contributed by atoms with E-state index in [0.717, 1.165) is 48.5 Å². The highest BCUT2D eigenvalue weighted by Crippen LogP contribution is 2.32. The van der Waals surface area contributed by atoms with Crippen molar-refractivity contribution in [3.63, 3.8) is 0 Å². The molecule has 0 radical (unpaired) electrons. The summed E-state index contributed by atoms with van der Waals surface area (Å²) in [6.45, 7) is 3.09. The van der Waals surface area contributed by atoms with Crippen LogP contribution >= 0.6 is 0 Å². The molecule has 3 aromatic rings. The van der Waals surface area contributed by atoms with Gasteiger partial charge in [-0.05, 0) is 37.1 Å². The lowest BCUT2D eigenvalue weighted by molar-refractivity contribution is -0.123. The van der Waals surface area contributed by atoms with Gasteiger partial charge in [-0.3, -0.25) is 14.4 Å². The molecule has 2 heterocycles. The van der Waals surface area contributed by atoms with Crippen LogP contribution in [-0.4, -0.2) is 40.8 Å². The Bertz CT molecular complexity index is 999. The maximum Gasteiger partial charge on any atom is 0.221 e. The first-order valence-corrected chi connectivity index (χ1v) is 10.4. The second-order valence-electron chi connectivity index (χ2n) is 7.86. The summed E-state index contributed by atoms with van der Waals surface area (Å²) < 4.78 is 7.58. The number of aromatic nitrogens is 2. The molecule has 1 atom stereocenters. The van der Waals surface area contributed by atoms with Crippen molar-refractivity contribution in [2.24, 2.45) is 11.7 Å². The maximum atomic E-state index is 11.7. The molecule has 1 aromatic heterocycles. The molecule has 2 aromatic carbocycles. The Morgan fingerprint density at radius 3 is 2.67 bits per heavy atom. The zero-order chi connectivity index (χ0) is 20.9. The van der Waals surface area contributed by atoms with Gasteiger partial charge in [-0.2, -0.15) is 5.10 Å². The Balaban J connectivity index is 1.66. The highest BCUT2D eigenvalue weighted by atomic mass is 16.5. The molecule has 0 saturated carbocycles. The fraction of sp³-hybridized carbons (Fsp3) is 0.333. The predicted octanol–water partition coefficient (Wildman–Crippen LogP) is 3.30. The van der Waals surface area contributed by atoms with Gasteiger partial charge in [0.25, 0.3) is 0 Å². The van der Waals surface area contributed by atoms with Crippen LogP contribution in [0.25, 0.3) is 11.3 Å². The van der Waals surface area contributed by atoms with E-state index in [9.17, 15) is 4.79 Å². The minimum Gasteiger partial charge on any atom is -0.496 e. The average Bonchev–Trinajstić information content (AvgIpc) is 3.16. The number of carbonyl (C=O) groups is 1. The monoisotopic (exact) mass is 404 g/mol. The molecule has 0 spiro atoms. The highest BCUT2D eigenvalue weighted by molar-refractivity contribution is 5.77. The van der Waals surface area contributed by atoms with Gasteiger partial charge in [0.2, 0.25) is 5.91 Å². The van der Waals surface area contributed by atoms with Crippen LogP contribution in [0.3, 0.4) is 0 Å². The summed E-state index contributed by atoms with van der Waals surface area (Å²) in [5, 5.41) is 4.92. The van der Waals surface area contributed by atoms with E-state index >= 15 is 0 Å². The number of primary amides is 1. The van der Waals surface area contributed by atoms with Crippen molar-refractivity contribution < 1.29 is 9.53 Å². The zero-order valence-corrected chi connectivity index (χ0v) is 17.3. The number of carbonyl (C=O) groups excluding carboxylic acids is 1. The van der Waals surface area contributed by atoms with E-state index < -0.39 is 0 Å². The number of rotatable bonds is 7. The number of ether oxygens (including phenoxy) is 1. The minimum absolute atomic E-state index is 0.0761. The van der Waals surface area contributed by atoms with Crippen molar-refractivity contribution in [3.8, 4) is 17.0 Å². The first-order chi connectivity index (χ1) is 14.6. The highest BCUT2D eigenvalue weighted by Gasteiger charge is 2.25. The third-order valence-electron chi connectivity index (χ3n) is 5.69. The quantitative estimate of drug-likeness (QED) is 0.656. The molecule has 6 nitrogen and oxygen atoms in total. The Morgan fingerprint density at radius 1 is 1.13 bits per heavy atom. The van der Waals surface area contributed by atoms with E-state index in [1.165, 1.54) is 5.56 Å². The van der Waals surface area contributed by atoms with Crippen LogP contribution in [0.4, 0.5) is 0 Å². The second-order valence-corrected chi connectivity index (χ2v) is 7.86. The van der Waals surface area contributed by atoms with E-state index in [1.807, 2.05) is 47.1 Å². The van der Waals surface area contributed by atoms with Gasteiger partial charge in [0.1, 0.15) is 11.4 Å². The minimum atomic E-state index is -0.204. The fourth-order valence-electron chi connectivity index (χ4n) is 4.17. The smallest absolute Gasteiger partial charge is 0.221 e. The first kappa shape index (κ1) is 20.2. The molecule has 1 aliphatic rings. The van der Waals surface area contributed by atoms with Crippen LogP contribution in [0.15, 0.2) is 60.8 Å². The summed E-state index contributed by atoms with van der Waals surface area (Å²) in [6.07, 6.45) is 3.97. The second kappa shape index (κ2) is 9.13. The van der Waals surface area contributed by atoms with Gasteiger partial charge in [0.05, 0.1) is 19.6 Å². The number of piperidine rings is 1. The molecule has 4 rings (SSSR count). The van der Waals surface area contributed by atoms with Crippen molar-refractivity contribution in [2.45, 2.75) is 25.9 Å². The number of methoxy groups -OCH3 is 1. The molecule has 2 N–H and O–H groups in total. The van der Waals surface area contributed by atoms with Crippen LogP contribution < -0.4 is 10.5 Å². The van der Waals surface area contributed by atoms with Gasteiger partial charge in [-0.1, -0.05) is 42.5 Å². The lowest BCUT2D eigenvalue weighted by atomic mass is 9.97. The maximum absolute atomic E-state index is 11.7. The number of hydrogen-bond acceptors (Lipinski definition) is 4. The van der Waals surface area contributed by atoms with E-state index in [-0.39, 0.29) is 11.8 Å². The van der Waals surface area contributed by atoms with Gasteiger partial charge < -0.3 is 10.5 Å². The number of likely N-dealkylation sites (tertiary alicyclic amines) is 1. The van der Waals surface area contributed by atoms with Crippen LogP contribution in [0.1, 0.15) is 24.0 Å². The molecule has 1 saturated heterocycles. The molecule has 30 heavy (non-hydrogen) atoms. The Labute approximate surface area is 177 Å². The number of nitrogens with zero attached hydrogens (tertiary/aromatic N) is 3. The lowest BCUT2D eigenvalue weighted by Crippen LogP contribution is -2.40. The molecule has 1 amide bonds. The van der Waals surface area contributed by atoms with E-state index in [0.29, 0.717) is 13.1 Å². The van der Waals surface area contributed by atoms with Gasteiger partial charge in [-0.25, -0.2) is 0 Å². The number of benzene rings is 2. The number of hydrogen-bond donors (Lipinski definition) is 1. The zero-order valence-electron chi connectivity index (χ0n) is 17.3. The summed E-state index contributed by atoms with van der Waals surface area (Å²) in [5.41, 5.74) is 9.80. The van der Waals surface area contributed by atoms with Gasteiger partial charge >= 0.3 is 0 Å². The Kier molecular flexibility index (Phi) is 6.14. The summed E-state index contributed by atoms with van der Waals surface area (Å²) in [7, 11) is 1.68. The third-order valence-corrected chi connectivity index (χ3v) is 5.69. The van der Waals surface area contributed by atoms with E-state index in [4.69, 9.17) is 15.6 Å². The van der Waals surface area contributed by atoms with Crippen molar-refractivity contribution in [1.82, 2.24) is 14.7 Å². The average molecular weight is 405 g/mol. The van der Waals surface area contributed by atoms with Gasteiger partial charge in [0, 0.05) is 30.4 Å². The largest absolute Gasteiger partial charge is 0.496 e. The van der Waals surface area contributed by atoms with Crippen LogP contribution in [0, 0.1) is 5.92 Å². The molecule has 0 bridgehead atoms. The topological polar surface area (TPSA) is 73.4 Å². The van der Waals surface area contributed by atoms with Gasteiger partial charge in [0.15, 0.2) is 0 Å². The van der Waals surface area contributed by atoms with Crippen molar-refractivity contribution in [1.29, 1.82) is 0 Å². The van der Waals surface area contributed by atoms with Crippen LogP contribution in [0.5, 0.6) is 5.75 Å². The van der Waals surface area contributed by atoms with Crippen LogP contribution in [0.2, 0.25) is 0 Å². The third kappa shape index (κ3) is 4.54. The normalized spacial score (nSPS) is 17.0. The van der Waals surface area contributed by atoms with E-state index in [1.54, 1.807) is 7.11 Å². The lowest BCUT2D eigenvalue weighted by Gasteiger charge is -2.31. The first-order valence-electron chi connectivity index (χ1n) is 10.4. The summed E-state index contributed by atoms with van der Waals surface area (Å²) in [4.78, 5) is 14.0. The van der Waals surface area contributed by atoms with Crippen molar-refractivity contribution in [3.05, 3.63) is 71.9 Å². The number of nitrogens with two attached hydrogens (primary N) is 1. The summed E-state index contributed by atoms with van der Waals surface area (Å²) in [6, 6.07) is 18.3. The number of para-hydroxylation sites is 1. The Hall–Kier alpha value is -3.12. The Morgan fingerprint density at radius 2 is 1.90 bits per heavy atom. The summed E-state index contributed by atoms with van der Waals surface area (Å²) >= 11 is 0. The molecular formula is C24H28N4O2. The molecular weight excluding hydrogens is 376 g/mol.